The van der Waals surface area contributed by atoms with E-state index in [-0.39, 0.29) is 5.91 Å². The Morgan fingerprint density at radius 3 is 2.46 bits per heavy atom. The third kappa shape index (κ3) is 5.77. The van der Waals surface area contributed by atoms with E-state index in [1.165, 1.54) is 16.9 Å². The van der Waals surface area contributed by atoms with Crippen LogP contribution in [-0.2, 0) is 6.42 Å². The number of aromatic nitrogens is 2. The van der Waals surface area contributed by atoms with Crippen molar-refractivity contribution in [2.75, 3.05) is 17.2 Å². The fourth-order valence-electron chi connectivity index (χ4n) is 2.41. The predicted molar refractivity (Wildman–Crippen MR) is 115 cm³/mol. The summed E-state index contributed by atoms with van der Waals surface area (Å²) < 4.78 is 1.09. The molecule has 0 atom stereocenters. The standard InChI is InChI=1S/C19H19IN4OS/c20-16-11-9-15(10-12-16)17(25)22-19-24-23-18(26-19)21-13-5-4-8-14-6-2-1-3-7-14/h1-3,6-7,9-12H,4-5,8,13H2,(H,21,23)(H,22,24,25). The van der Waals surface area contributed by atoms with Gasteiger partial charge in [-0.15, -0.1) is 10.2 Å². The molecule has 3 rings (SSSR count). The van der Waals surface area contributed by atoms with Crippen LogP contribution in [0.1, 0.15) is 28.8 Å². The van der Waals surface area contributed by atoms with Crippen molar-refractivity contribution in [3.63, 3.8) is 0 Å². The van der Waals surface area contributed by atoms with Crippen molar-refractivity contribution in [3.05, 3.63) is 69.3 Å². The molecule has 7 heteroatoms. The van der Waals surface area contributed by atoms with Gasteiger partial charge in [0.05, 0.1) is 0 Å². The molecule has 26 heavy (non-hydrogen) atoms. The quantitative estimate of drug-likeness (QED) is 0.360. The molecule has 1 aromatic heterocycles. The molecule has 0 aliphatic carbocycles. The number of unbranched alkanes of at least 4 members (excludes halogenated alkanes) is 1. The van der Waals surface area contributed by atoms with Crippen molar-refractivity contribution in [1.29, 1.82) is 0 Å². The summed E-state index contributed by atoms with van der Waals surface area (Å²) in [6.45, 7) is 0.840. The zero-order valence-corrected chi connectivity index (χ0v) is 17.1. The maximum atomic E-state index is 12.2. The van der Waals surface area contributed by atoms with E-state index in [9.17, 15) is 4.79 Å². The molecule has 2 aromatic carbocycles. The van der Waals surface area contributed by atoms with Gasteiger partial charge < -0.3 is 5.32 Å². The molecule has 1 amide bonds. The highest BCUT2D eigenvalue weighted by atomic mass is 127. The maximum Gasteiger partial charge on any atom is 0.257 e. The van der Waals surface area contributed by atoms with Crippen LogP contribution in [0.3, 0.4) is 0 Å². The minimum atomic E-state index is -0.174. The number of nitrogens with zero attached hydrogens (tertiary/aromatic N) is 2. The normalized spacial score (nSPS) is 10.5. The highest BCUT2D eigenvalue weighted by Gasteiger charge is 2.10. The van der Waals surface area contributed by atoms with E-state index in [1.807, 2.05) is 18.2 Å². The largest absolute Gasteiger partial charge is 0.360 e. The first-order chi connectivity index (χ1) is 12.7. The summed E-state index contributed by atoms with van der Waals surface area (Å²) in [7, 11) is 0. The fourth-order valence-corrected chi connectivity index (χ4v) is 3.43. The first-order valence-electron chi connectivity index (χ1n) is 8.39. The number of hydrogen-bond donors (Lipinski definition) is 2. The molecule has 3 aromatic rings. The molecule has 0 radical (unpaired) electrons. The average molecular weight is 478 g/mol. The van der Waals surface area contributed by atoms with Crippen LogP contribution in [0.25, 0.3) is 0 Å². The van der Waals surface area contributed by atoms with E-state index < -0.39 is 0 Å². The molecule has 0 aliphatic heterocycles. The van der Waals surface area contributed by atoms with Crippen LogP contribution in [0.2, 0.25) is 0 Å². The molecule has 5 nitrogen and oxygen atoms in total. The van der Waals surface area contributed by atoms with Crippen molar-refractivity contribution in [1.82, 2.24) is 10.2 Å². The van der Waals surface area contributed by atoms with Crippen LogP contribution in [0, 0.1) is 3.57 Å². The van der Waals surface area contributed by atoms with Gasteiger partial charge in [0, 0.05) is 15.7 Å². The smallest absolute Gasteiger partial charge is 0.257 e. The Kier molecular flexibility index (Phi) is 6.96. The van der Waals surface area contributed by atoms with Gasteiger partial charge in [-0.25, -0.2) is 0 Å². The lowest BCUT2D eigenvalue weighted by molar-refractivity contribution is 0.102. The molecule has 0 aliphatic rings. The molecule has 0 fully saturated rings. The number of benzene rings is 2. The summed E-state index contributed by atoms with van der Waals surface area (Å²) in [4.78, 5) is 12.2. The number of rotatable bonds is 8. The Labute approximate surface area is 170 Å². The second-order valence-electron chi connectivity index (χ2n) is 5.74. The lowest BCUT2D eigenvalue weighted by atomic mass is 10.1. The number of anilines is 2. The Hall–Kier alpha value is -2.00. The molecule has 1 heterocycles. The van der Waals surface area contributed by atoms with Crippen LogP contribution >= 0.6 is 33.9 Å². The van der Waals surface area contributed by atoms with Crippen molar-refractivity contribution >= 4 is 50.1 Å². The van der Waals surface area contributed by atoms with Crippen molar-refractivity contribution in [2.45, 2.75) is 19.3 Å². The Morgan fingerprint density at radius 2 is 1.69 bits per heavy atom. The van der Waals surface area contributed by atoms with E-state index in [0.717, 1.165) is 34.5 Å². The molecule has 134 valence electrons. The van der Waals surface area contributed by atoms with Gasteiger partial charge in [-0.1, -0.05) is 41.7 Å². The second kappa shape index (κ2) is 9.63. The van der Waals surface area contributed by atoms with Crippen LogP contribution < -0.4 is 10.6 Å². The van der Waals surface area contributed by atoms with Gasteiger partial charge in [0.2, 0.25) is 10.3 Å². The molecule has 0 spiro atoms. The summed E-state index contributed by atoms with van der Waals surface area (Å²) >= 11 is 3.55. The summed E-state index contributed by atoms with van der Waals surface area (Å²) in [5.41, 5.74) is 1.97. The maximum absolute atomic E-state index is 12.2. The minimum absolute atomic E-state index is 0.174. The van der Waals surface area contributed by atoms with Gasteiger partial charge in [-0.3, -0.25) is 10.1 Å². The van der Waals surface area contributed by atoms with Crippen molar-refractivity contribution in [3.8, 4) is 0 Å². The first kappa shape index (κ1) is 18.8. The van der Waals surface area contributed by atoms with E-state index in [0.29, 0.717) is 10.7 Å². The number of halogens is 1. The molecule has 2 N–H and O–H groups in total. The number of hydrogen-bond acceptors (Lipinski definition) is 5. The van der Waals surface area contributed by atoms with E-state index >= 15 is 0 Å². The summed E-state index contributed by atoms with van der Waals surface area (Å²) in [5, 5.41) is 15.4. The van der Waals surface area contributed by atoms with E-state index in [1.54, 1.807) is 12.1 Å². The van der Waals surface area contributed by atoms with Crippen LogP contribution in [-0.4, -0.2) is 22.6 Å². The van der Waals surface area contributed by atoms with Crippen LogP contribution in [0.15, 0.2) is 54.6 Å². The van der Waals surface area contributed by atoms with E-state index in [4.69, 9.17) is 0 Å². The second-order valence-corrected chi connectivity index (χ2v) is 7.97. The third-order valence-electron chi connectivity index (χ3n) is 3.76. The highest BCUT2D eigenvalue weighted by molar-refractivity contribution is 14.1. The minimum Gasteiger partial charge on any atom is -0.360 e. The number of carbonyl (C=O) groups excluding carboxylic acids is 1. The van der Waals surface area contributed by atoms with Gasteiger partial charge >= 0.3 is 0 Å². The zero-order chi connectivity index (χ0) is 18.2. The summed E-state index contributed by atoms with van der Waals surface area (Å²) in [6, 6.07) is 17.9. The molecular weight excluding hydrogens is 459 g/mol. The zero-order valence-electron chi connectivity index (χ0n) is 14.1. The molecular formula is C19H19IN4OS. The number of nitrogens with one attached hydrogen (secondary N) is 2. The predicted octanol–water partition coefficient (Wildman–Crippen LogP) is 4.83. The van der Waals surface area contributed by atoms with Gasteiger partial charge in [0.25, 0.3) is 5.91 Å². The summed E-state index contributed by atoms with van der Waals surface area (Å²) in [5.74, 6) is -0.174. The molecule has 0 saturated carbocycles. The first-order valence-corrected chi connectivity index (χ1v) is 10.3. The third-order valence-corrected chi connectivity index (χ3v) is 5.28. The van der Waals surface area contributed by atoms with Crippen LogP contribution in [0.4, 0.5) is 10.3 Å². The van der Waals surface area contributed by atoms with Gasteiger partial charge in [-0.05, 0) is 71.7 Å². The SMILES string of the molecule is O=C(Nc1nnc(NCCCCc2ccccc2)s1)c1ccc(I)cc1. The molecule has 0 unspecified atom stereocenters. The average Bonchev–Trinajstić information content (AvgIpc) is 3.10. The number of carbonyl (C=O) groups is 1. The molecule has 0 bridgehead atoms. The van der Waals surface area contributed by atoms with Crippen LogP contribution in [0.5, 0.6) is 0 Å². The monoisotopic (exact) mass is 478 g/mol. The highest BCUT2D eigenvalue weighted by Crippen LogP contribution is 2.21. The fraction of sp³-hybridized carbons (Fsp3) is 0.211. The van der Waals surface area contributed by atoms with Gasteiger partial charge in [0.15, 0.2) is 0 Å². The Bertz CT molecular complexity index is 836. The lowest BCUT2D eigenvalue weighted by Crippen LogP contribution is -2.11. The number of amides is 1. The lowest BCUT2D eigenvalue weighted by Gasteiger charge is -2.03. The summed E-state index contributed by atoms with van der Waals surface area (Å²) in [6.07, 6.45) is 3.25. The number of aryl methyl sites for hydroxylation is 1. The molecule has 0 saturated heterocycles. The Morgan fingerprint density at radius 1 is 0.962 bits per heavy atom. The topological polar surface area (TPSA) is 66.9 Å². The van der Waals surface area contributed by atoms with Crippen molar-refractivity contribution in [2.24, 2.45) is 0 Å². The van der Waals surface area contributed by atoms with Crippen molar-refractivity contribution < 1.29 is 4.79 Å². The van der Waals surface area contributed by atoms with Gasteiger partial charge in [-0.2, -0.15) is 0 Å². The Balaban J connectivity index is 1.40. The van der Waals surface area contributed by atoms with Gasteiger partial charge in [0.1, 0.15) is 0 Å². The van der Waals surface area contributed by atoms with E-state index in [2.05, 4.69) is 67.7 Å².